The molecule has 1 saturated heterocycles. The molecule has 1 atom stereocenters. The van der Waals surface area contributed by atoms with Crippen molar-refractivity contribution in [2.75, 3.05) is 31.0 Å². The maximum atomic E-state index is 12.7. The smallest absolute Gasteiger partial charge is 0.229 e. The molecule has 0 saturated carbocycles. The summed E-state index contributed by atoms with van der Waals surface area (Å²) in [6, 6.07) is 11.0. The Morgan fingerprint density at radius 2 is 1.97 bits per heavy atom. The maximum absolute atomic E-state index is 12.7. The standard InChI is InChI=1S/C21H21N3O4S/c1-12-22-16-10-15(5-7-19(16)29-12)24-11-13(8-20(24)25)21(26)23-14-4-6-17(27-2)18(9-14)28-3/h4-7,9-10,13H,8,11H2,1-3H3,(H,23,26). The Morgan fingerprint density at radius 1 is 1.17 bits per heavy atom. The van der Waals surface area contributed by atoms with Crippen molar-refractivity contribution < 1.29 is 19.1 Å². The summed E-state index contributed by atoms with van der Waals surface area (Å²) in [4.78, 5) is 31.4. The first kappa shape index (κ1) is 19.2. The molecule has 3 aromatic rings. The van der Waals surface area contributed by atoms with E-state index in [2.05, 4.69) is 10.3 Å². The van der Waals surface area contributed by atoms with Crippen LogP contribution in [0.4, 0.5) is 11.4 Å². The predicted octanol–water partition coefficient (Wildman–Crippen LogP) is 3.61. The molecule has 2 amide bonds. The number of aryl methyl sites for hydroxylation is 1. The van der Waals surface area contributed by atoms with E-state index in [4.69, 9.17) is 9.47 Å². The van der Waals surface area contributed by atoms with Crippen LogP contribution in [0.25, 0.3) is 10.2 Å². The van der Waals surface area contributed by atoms with Gasteiger partial charge >= 0.3 is 0 Å². The number of nitrogens with one attached hydrogen (secondary N) is 1. The number of ether oxygens (including phenoxy) is 2. The first-order valence-electron chi connectivity index (χ1n) is 9.19. The highest BCUT2D eigenvalue weighted by molar-refractivity contribution is 7.18. The molecular weight excluding hydrogens is 390 g/mol. The molecule has 4 rings (SSSR count). The first-order chi connectivity index (χ1) is 14.0. The number of rotatable bonds is 5. The van der Waals surface area contributed by atoms with E-state index >= 15 is 0 Å². The van der Waals surface area contributed by atoms with Crippen molar-refractivity contribution in [2.24, 2.45) is 5.92 Å². The highest BCUT2D eigenvalue weighted by Crippen LogP contribution is 2.32. The molecule has 0 aliphatic carbocycles. The van der Waals surface area contributed by atoms with E-state index < -0.39 is 5.92 Å². The van der Waals surface area contributed by atoms with Crippen LogP contribution in [-0.2, 0) is 9.59 Å². The molecule has 0 bridgehead atoms. The zero-order chi connectivity index (χ0) is 20.5. The zero-order valence-electron chi connectivity index (χ0n) is 16.4. The lowest BCUT2D eigenvalue weighted by Crippen LogP contribution is -2.28. The van der Waals surface area contributed by atoms with E-state index in [9.17, 15) is 9.59 Å². The minimum absolute atomic E-state index is 0.0660. The lowest BCUT2D eigenvalue weighted by atomic mass is 10.1. The van der Waals surface area contributed by atoms with Crippen LogP contribution >= 0.6 is 11.3 Å². The largest absolute Gasteiger partial charge is 0.493 e. The van der Waals surface area contributed by atoms with Crippen LogP contribution in [0.5, 0.6) is 11.5 Å². The topological polar surface area (TPSA) is 80.8 Å². The van der Waals surface area contributed by atoms with E-state index in [1.165, 1.54) is 7.11 Å². The van der Waals surface area contributed by atoms with Crippen molar-refractivity contribution in [2.45, 2.75) is 13.3 Å². The number of amides is 2. The van der Waals surface area contributed by atoms with Crippen LogP contribution < -0.4 is 19.7 Å². The van der Waals surface area contributed by atoms with Crippen LogP contribution in [0.15, 0.2) is 36.4 Å². The number of fused-ring (bicyclic) bond motifs is 1. The molecule has 2 aromatic carbocycles. The summed E-state index contributed by atoms with van der Waals surface area (Å²) in [7, 11) is 3.09. The molecule has 0 spiro atoms. The van der Waals surface area contributed by atoms with Gasteiger partial charge in [-0.1, -0.05) is 0 Å². The van der Waals surface area contributed by atoms with E-state index in [-0.39, 0.29) is 18.2 Å². The van der Waals surface area contributed by atoms with Crippen molar-refractivity contribution in [3.8, 4) is 11.5 Å². The fraction of sp³-hybridized carbons (Fsp3) is 0.286. The molecule has 1 aromatic heterocycles. The number of carbonyl (C=O) groups excluding carboxylic acids is 2. The van der Waals surface area contributed by atoms with Gasteiger partial charge in [0.05, 0.1) is 35.4 Å². The van der Waals surface area contributed by atoms with E-state index in [1.807, 2.05) is 25.1 Å². The molecule has 150 valence electrons. The van der Waals surface area contributed by atoms with Crippen LogP contribution in [0.2, 0.25) is 0 Å². The Morgan fingerprint density at radius 3 is 2.72 bits per heavy atom. The summed E-state index contributed by atoms with van der Waals surface area (Å²) in [5.41, 5.74) is 2.24. The van der Waals surface area contributed by atoms with Gasteiger partial charge in [-0.3, -0.25) is 9.59 Å². The molecule has 0 radical (unpaired) electrons. The van der Waals surface area contributed by atoms with Gasteiger partial charge in [0.1, 0.15) is 0 Å². The number of anilines is 2. The second-order valence-corrected chi connectivity index (χ2v) is 8.08. The van der Waals surface area contributed by atoms with Gasteiger partial charge in [-0.05, 0) is 37.3 Å². The Kier molecular flexibility index (Phi) is 5.10. The minimum atomic E-state index is -0.427. The molecule has 1 fully saturated rings. The van der Waals surface area contributed by atoms with Gasteiger partial charge < -0.3 is 19.7 Å². The predicted molar refractivity (Wildman–Crippen MR) is 113 cm³/mol. The number of hydrogen-bond acceptors (Lipinski definition) is 6. The molecule has 1 aliphatic rings. The van der Waals surface area contributed by atoms with Gasteiger partial charge in [0.2, 0.25) is 11.8 Å². The van der Waals surface area contributed by atoms with Crippen LogP contribution in [0.3, 0.4) is 0 Å². The quantitative estimate of drug-likeness (QED) is 0.694. The Hall–Kier alpha value is -3.13. The third-order valence-electron chi connectivity index (χ3n) is 4.94. The molecule has 7 nitrogen and oxygen atoms in total. The van der Waals surface area contributed by atoms with Crippen molar-refractivity contribution >= 4 is 44.7 Å². The number of methoxy groups -OCH3 is 2. The summed E-state index contributed by atoms with van der Waals surface area (Å²) in [5.74, 6) is 0.424. The Bertz CT molecular complexity index is 1090. The van der Waals surface area contributed by atoms with Crippen molar-refractivity contribution in [3.63, 3.8) is 0 Å². The highest BCUT2D eigenvalue weighted by atomic mass is 32.1. The van der Waals surface area contributed by atoms with Gasteiger partial charge in [0.15, 0.2) is 11.5 Å². The fourth-order valence-electron chi connectivity index (χ4n) is 3.49. The van der Waals surface area contributed by atoms with Crippen molar-refractivity contribution in [1.82, 2.24) is 4.98 Å². The molecule has 1 N–H and O–H groups in total. The van der Waals surface area contributed by atoms with Crippen molar-refractivity contribution in [3.05, 3.63) is 41.4 Å². The van der Waals surface area contributed by atoms with Gasteiger partial charge in [0.25, 0.3) is 0 Å². The number of hydrogen-bond donors (Lipinski definition) is 1. The lowest BCUT2D eigenvalue weighted by molar-refractivity contribution is -0.122. The third-order valence-corrected chi connectivity index (χ3v) is 5.89. The maximum Gasteiger partial charge on any atom is 0.229 e. The molecule has 1 unspecified atom stereocenters. The summed E-state index contributed by atoms with van der Waals surface area (Å²) in [5, 5.41) is 3.85. The number of aromatic nitrogens is 1. The summed E-state index contributed by atoms with van der Waals surface area (Å²) in [6.07, 6.45) is 0.174. The van der Waals surface area contributed by atoms with Gasteiger partial charge in [-0.25, -0.2) is 4.98 Å². The van der Waals surface area contributed by atoms with E-state index in [0.717, 1.165) is 20.9 Å². The fourth-order valence-corrected chi connectivity index (χ4v) is 4.30. The van der Waals surface area contributed by atoms with Gasteiger partial charge in [-0.15, -0.1) is 11.3 Å². The van der Waals surface area contributed by atoms with Gasteiger partial charge in [-0.2, -0.15) is 0 Å². The Labute approximate surface area is 172 Å². The second kappa shape index (κ2) is 7.71. The second-order valence-electron chi connectivity index (χ2n) is 6.85. The van der Waals surface area contributed by atoms with Crippen LogP contribution in [-0.4, -0.2) is 37.6 Å². The summed E-state index contributed by atoms with van der Waals surface area (Å²) in [6.45, 7) is 2.30. The molecule has 29 heavy (non-hydrogen) atoms. The number of benzene rings is 2. The average molecular weight is 411 g/mol. The number of thiazole rings is 1. The van der Waals surface area contributed by atoms with Gasteiger partial charge in [0, 0.05) is 30.4 Å². The minimum Gasteiger partial charge on any atom is -0.493 e. The summed E-state index contributed by atoms with van der Waals surface area (Å²) >= 11 is 1.62. The van der Waals surface area contributed by atoms with Crippen molar-refractivity contribution in [1.29, 1.82) is 0 Å². The number of carbonyl (C=O) groups is 2. The Balaban J connectivity index is 1.48. The normalized spacial score (nSPS) is 16.3. The molecule has 1 aliphatic heterocycles. The SMILES string of the molecule is COc1ccc(NC(=O)C2CC(=O)N(c3ccc4sc(C)nc4c3)C2)cc1OC. The molecule has 2 heterocycles. The van der Waals surface area contributed by atoms with Crippen LogP contribution in [0, 0.1) is 12.8 Å². The monoisotopic (exact) mass is 411 g/mol. The molecule has 8 heteroatoms. The third kappa shape index (κ3) is 3.75. The zero-order valence-corrected chi connectivity index (χ0v) is 17.2. The summed E-state index contributed by atoms with van der Waals surface area (Å²) < 4.78 is 11.6. The molecular formula is C21H21N3O4S. The average Bonchev–Trinajstić information content (AvgIpc) is 3.28. The van der Waals surface area contributed by atoms with E-state index in [0.29, 0.717) is 23.7 Å². The first-order valence-corrected chi connectivity index (χ1v) is 10.0. The van der Waals surface area contributed by atoms with E-state index in [1.54, 1.807) is 41.5 Å². The van der Waals surface area contributed by atoms with Crippen LogP contribution in [0.1, 0.15) is 11.4 Å². The number of nitrogens with zero attached hydrogens (tertiary/aromatic N) is 2. The lowest BCUT2D eigenvalue weighted by Gasteiger charge is -2.17. The highest BCUT2D eigenvalue weighted by Gasteiger charge is 2.35.